The second-order valence-electron chi connectivity index (χ2n) is 6.57. The van der Waals surface area contributed by atoms with Crippen LogP contribution < -0.4 is 5.32 Å². The molecule has 0 spiro atoms. The minimum absolute atomic E-state index is 0.0723. The monoisotopic (exact) mass is 284 g/mol. The Bertz CT molecular complexity index is 621. The molecule has 1 N–H and O–H groups in total. The maximum Gasteiger partial charge on any atom is 0.159 e. The molecular formula is C17H24N4. The molecular weight excluding hydrogens is 260 g/mol. The molecule has 2 aromatic rings. The Hall–Kier alpha value is -1.81. The van der Waals surface area contributed by atoms with E-state index in [2.05, 4.69) is 41.0 Å². The van der Waals surface area contributed by atoms with Crippen molar-refractivity contribution in [3.63, 3.8) is 0 Å². The predicted octanol–water partition coefficient (Wildman–Crippen LogP) is 3.35. The first-order valence-electron chi connectivity index (χ1n) is 7.28. The number of hydrogen-bond acceptors (Lipinski definition) is 4. The van der Waals surface area contributed by atoms with Crippen LogP contribution in [0, 0.1) is 20.8 Å². The summed E-state index contributed by atoms with van der Waals surface area (Å²) in [4.78, 5) is 13.7. The molecule has 0 aliphatic carbocycles. The van der Waals surface area contributed by atoms with Gasteiger partial charge in [-0.15, -0.1) is 0 Å². The number of pyridine rings is 1. The molecule has 0 aliphatic rings. The molecule has 2 heterocycles. The average Bonchev–Trinajstić information content (AvgIpc) is 2.34. The summed E-state index contributed by atoms with van der Waals surface area (Å²) in [6, 6.07) is 6.09. The van der Waals surface area contributed by atoms with E-state index in [0.717, 1.165) is 40.7 Å². The summed E-state index contributed by atoms with van der Waals surface area (Å²) in [6.45, 7) is 13.2. The van der Waals surface area contributed by atoms with E-state index in [1.54, 1.807) is 0 Å². The Morgan fingerprint density at radius 3 is 2.00 bits per heavy atom. The van der Waals surface area contributed by atoms with E-state index in [-0.39, 0.29) is 5.54 Å². The van der Waals surface area contributed by atoms with E-state index in [1.807, 2.05) is 39.0 Å². The third-order valence-electron chi connectivity index (χ3n) is 3.05. The molecule has 0 atom stereocenters. The number of aromatic nitrogens is 3. The summed E-state index contributed by atoms with van der Waals surface area (Å²) >= 11 is 0. The van der Waals surface area contributed by atoms with E-state index >= 15 is 0 Å². The maximum atomic E-state index is 4.69. The van der Waals surface area contributed by atoms with Gasteiger partial charge in [0.2, 0.25) is 0 Å². The van der Waals surface area contributed by atoms with Gasteiger partial charge in [0.1, 0.15) is 0 Å². The number of nitrogens with one attached hydrogen (secondary N) is 1. The van der Waals surface area contributed by atoms with Crippen LogP contribution in [0.5, 0.6) is 0 Å². The second-order valence-corrected chi connectivity index (χ2v) is 6.57. The Kier molecular flexibility index (Phi) is 4.37. The Morgan fingerprint density at radius 2 is 1.43 bits per heavy atom. The molecule has 112 valence electrons. The van der Waals surface area contributed by atoms with Crippen LogP contribution in [-0.4, -0.2) is 20.5 Å². The molecule has 4 heteroatoms. The van der Waals surface area contributed by atoms with Crippen molar-refractivity contribution < 1.29 is 0 Å². The van der Waals surface area contributed by atoms with Crippen molar-refractivity contribution in [3.8, 4) is 11.4 Å². The van der Waals surface area contributed by atoms with E-state index < -0.39 is 0 Å². The summed E-state index contributed by atoms with van der Waals surface area (Å²) in [7, 11) is 0. The van der Waals surface area contributed by atoms with Gasteiger partial charge in [-0.1, -0.05) is 0 Å². The largest absolute Gasteiger partial charge is 0.306 e. The van der Waals surface area contributed by atoms with Crippen LogP contribution in [0.25, 0.3) is 11.4 Å². The fourth-order valence-corrected chi connectivity index (χ4v) is 2.17. The highest BCUT2D eigenvalue weighted by Gasteiger charge is 2.11. The molecule has 0 bridgehead atoms. The van der Waals surface area contributed by atoms with Crippen LogP contribution in [0.2, 0.25) is 0 Å². The molecule has 0 fully saturated rings. The van der Waals surface area contributed by atoms with Crippen LogP contribution in [0.4, 0.5) is 0 Å². The van der Waals surface area contributed by atoms with Crippen molar-refractivity contribution in [2.45, 2.75) is 53.6 Å². The van der Waals surface area contributed by atoms with Crippen LogP contribution in [0.1, 0.15) is 43.5 Å². The first-order chi connectivity index (χ1) is 9.73. The van der Waals surface area contributed by atoms with Gasteiger partial charge in [-0.05, 0) is 59.7 Å². The summed E-state index contributed by atoms with van der Waals surface area (Å²) in [5, 5.41) is 3.46. The molecule has 0 aliphatic heterocycles. The number of nitrogens with zero attached hydrogens (tertiary/aromatic N) is 3. The van der Waals surface area contributed by atoms with E-state index in [4.69, 9.17) is 0 Å². The lowest BCUT2D eigenvalue weighted by Crippen LogP contribution is -2.35. The van der Waals surface area contributed by atoms with Gasteiger partial charge in [0.05, 0.1) is 5.69 Å². The molecule has 0 saturated heterocycles. The highest BCUT2D eigenvalue weighted by atomic mass is 15.0. The smallest absolute Gasteiger partial charge is 0.159 e. The zero-order chi connectivity index (χ0) is 15.6. The lowest BCUT2D eigenvalue weighted by atomic mass is 10.1. The molecule has 2 rings (SSSR count). The Morgan fingerprint density at radius 1 is 0.857 bits per heavy atom. The lowest BCUT2D eigenvalue weighted by molar-refractivity contribution is 0.421. The fraction of sp³-hybridized carbons (Fsp3) is 0.471. The van der Waals surface area contributed by atoms with Gasteiger partial charge in [-0.3, -0.25) is 4.98 Å². The van der Waals surface area contributed by atoms with Crippen molar-refractivity contribution in [2.75, 3.05) is 0 Å². The van der Waals surface area contributed by atoms with Gasteiger partial charge in [0.25, 0.3) is 0 Å². The average molecular weight is 284 g/mol. The SMILES string of the molecule is Cc1cc(-c2nc(C)cc(CNC(C)(C)C)n2)cc(C)n1. The minimum Gasteiger partial charge on any atom is -0.306 e. The van der Waals surface area contributed by atoms with Crippen molar-refractivity contribution in [1.82, 2.24) is 20.3 Å². The maximum absolute atomic E-state index is 4.69. The molecule has 4 nitrogen and oxygen atoms in total. The molecule has 0 amide bonds. The normalized spacial score (nSPS) is 11.7. The van der Waals surface area contributed by atoms with Crippen LogP contribution >= 0.6 is 0 Å². The van der Waals surface area contributed by atoms with E-state index in [9.17, 15) is 0 Å². The van der Waals surface area contributed by atoms with E-state index in [0.29, 0.717) is 0 Å². The van der Waals surface area contributed by atoms with Gasteiger partial charge in [-0.25, -0.2) is 9.97 Å². The highest BCUT2D eigenvalue weighted by molar-refractivity contribution is 5.56. The van der Waals surface area contributed by atoms with Crippen molar-refractivity contribution in [3.05, 3.63) is 41.0 Å². The summed E-state index contributed by atoms with van der Waals surface area (Å²) in [5.41, 5.74) is 5.08. The third-order valence-corrected chi connectivity index (χ3v) is 3.05. The number of rotatable bonds is 3. The standard InChI is InChI=1S/C17H24N4/c1-11-7-14(8-12(2)19-11)16-20-13(3)9-15(21-16)10-18-17(4,5)6/h7-9,18H,10H2,1-6H3. The van der Waals surface area contributed by atoms with E-state index in [1.165, 1.54) is 0 Å². The fourth-order valence-electron chi connectivity index (χ4n) is 2.17. The van der Waals surface area contributed by atoms with Crippen molar-refractivity contribution in [2.24, 2.45) is 0 Å². The van der Waals surface area contributed by atoms with Crippen molar-refractivity contribution in [1.29, 1.82) is 0 Å². The van der Waals surface area contributed by atoms with Crippen LogP contribution in [0.15, 0.2) is 18.2 Å². The predicted molar refractivity (Wildman–Crippen MR) is 86.1 cm³/mol. The summed E-state index contributed by atoms with van der Waals surface area (Å²) in [5.74, 6) is 0.773. The minimum atomic E-state index is 0.0723. The van der Waals surface area contributed by atoms with Gasteiger partial charge >= 0.3 is 0 Å². The summed E-state index contributed by atoms with van der Waals surface area (Å²) in [6.07, 6.45) is 0. The van der Waals surface area contributed by atoms with Gasteiger partial charge in [-0.2, -0.15) is 0 Å². The molecule has 0 radical (unpaired) electrons. The van der Waals surface area contributed by atoms with Gasteiger partial charge < -0.3 is 5.32 Å². The molecule has 0 unspecified atom stereocenters. The Balaban J connectivity index is 2.34. The van der Waals surface area contributed by atoms with Gasteiger partial charge in [0.15, 0.2) is 5.82 Å². The molecule has 0 saturated carbocycles. The number of hydrogen-bond donors (Lipinski definition) is 1. The van der Waals surface area contributed by atoms with Crippen molar-refractivity contribution >= 4 is 0 Å². The second kappa shape index (κ2) is 5.90. The van der Waals surface area contributed by atoms with Gasteiger partial charge in [0, 0.05) is 34.7 Å². The summed E-state index contributed by atoms with van der Waals surface area (Å²) < 4.78 is 0. The zero-order valence-corrected chi connectivity index (χ0v) is 13.8. The number of aryl methyl sites for hydroxylation is 3. The molecule has 2 aromatic heterocycles. The highest BCUT2D eigenvalue weighted by Crippen LogP contribution is 2.18. The molecule has 0 aromatic carbocycles. The lowest BCUT2D eigenvalue weighted by Gasteiger charge is -2.20. The third kappa shape index (κ3) is 4.60. The first kappa shape index (κ1) is 15.6. The zero-order valence-electron chi connectivity index (χ0n) is 13.8. The quantitative estimate of drug-likeness (QED) is 0.939. The topological polar surface area (TPSA) is 50.7 Å². The first-order valence-corrected chi connectivity index (χ1v) is 7.28. The van der Waals surface area contributed by atoms with Crippen LogP contribution in [-0.2, 0) is 6.54 Å². The molecule has 21 heavy (non-hydrogen) atoms. The van der Waals surface area contributed by atoms with Crippen LogP contribution in [0.3, 0.4) is 0 Å². The Labute approximate surface area is 127 Å².